The average molecular weight is 344 g/mol. The quantitative estimate of drug-likeness (QED) is 0.712. The number of fused-ring (bicyclic) bond motifs is 1. The summed E-state index contributed by atoms with van der Waals surface area (Å²) in [5, 5.41) is 0. The lowest BCUT2D eigenvalue weighted by atomic mass is 9.85. The normalized spacial score (nSPS) is 21.1. The van der Waals surface area contributed by atoms with Crippen LogP contribution in [0.3, 0.4) is 0 Å². The molecule has 3 nitrogen and oxygen atoms in total. The smallest absolute Gasteiger partial charge is 0.228 e. The van der Waals surface area contributed by atoms with Crippen LogP contribution >= 0.6 is 0 Å². The molecule has 2 heterocycles. The van der Waals surface area contributed by atoms with E-state index in [4.69, 9.17) is 4.74 Å². The van der Waals surface area contributed by atoms with E-state index in [2.05, 4.69) is 50.8 Å². The van der Waals surface area contributed by atoms with Gasteiger partial charge in [0.2, 0.25) is 5.91 Å². The maximum Gasteiger partial charge on any atom is 0.228 e. The minimum Gasteiger partial charge on any atom is -0.493 e. The highest BCUT2D eigenvalue weighted by atomic mass is 16.5. The van der Waals surface area contributed by atoms with E-state index in [1.165, 1.54) is 24.0 Å². The van der Waals surface area contributed by atoms with Crippen molar-refractivity contribution in [1.82, 2.24) is 4.90 Å². The highest BCUT2D eigenvalue weighted by Gasteiger charge is 2.38. The second-order valence-electron chi connectivity index (χ2n) is 8.63. The highest BCUT2D eigenvalue weighted by Crippen LogP contribution is 2.34. The molecule has 0 aliphatic carbocycles. The van der Waals surface area contributed by atoms with Crippen LogP contribution in [0.15, 0.2) is 18.2 Å². The fourth-order valence-electron chi connectivity index (χ4n) is 4.24. The Morgan fingerprint density at radius 1 is 1.32 bits per heavy atom. The standard InChI is InChI=1S/C22H33NO2/c1-5-17(18-6-7-20-19(15-18)9-13-25-20)14-16(2)8-11-23-12-10-22(3,4)21(23)24/h6-7,15-17H,5,8-14H2,1-4H3/t16-,17?/m0/s1. The van der Waals surface area contributed by atoms with Crippen LogP contribution in [0, 0.1) is 11.3 Å². The predicted octanol–water partition coefficient (Wildman–Crippen LogP) is 4.79. The Bertz CT molecular complexity index is 622. The van der Waals surface area contributed by atoms with Gasteiger partial charge in [0.15, 0.2) is 0 Å². The number of rotatable bonds is 7. The van der Waals surface area contributed by atoms with Crippen molar-refractivity contribution in [3.63, 3.8) is 0 Å². The largest absolute Gasteiger partial charge is 0.493 e. The monoisotopic (exact) mass is 343 g/mol. The third-order valence-electron chi connectivity index (χ3n) is 6.13. The summed E-state index contributed by atoms with van der Waals surface area (Å²) < 4.78 is 5.63. The van der Waals surface area contributed by atoms with E-state index in [9.17, 15) is 4.79 Å². The van der Waals surface area contributed by atoms with Gasteiger partial charge in [0.1, 0.15) is 5.75 Å². The molecule has 0 radical (unpaired) electrons. The fourth-order valence-corrected chi connectivity index (χ4v) is 4.24. The zero-order valence-electron chi connectivity index (χ0n) is 16.3. The molecule has 2 atom stereocenters. The first-order valence-corrected chi connectivity index (χ1v) is 9.95. The topological polar surface area (TPSA) is 29.5 Å². The molecule has 3 rings (SSSR count). The Balaban J connectivity index is 1.54. The third-order valence-corrected chi connectivity index (χ3v) is 6.13. The van der Waals surface area contributed by atoms with Crippen molar-refractivity contribution in [2.24, 2.45) is 11.3 Å². The van der Waals surface area contributed by atoms with E-state index in [1.807, 2.05) is 0 Å². The molecule has 1 aromatic carbocycles. The molecule has 0 bridgehead atoms. The summed E-state index contributed by atoms with van der Waals surface area (Å²) >= 11 is 0. The first-order valence-electron chi connectivity index (χ1n) is 9.95. The lowest BCUT2D eigenvalue weighted by Crippen LogP contribution is -2.32. The Labute approximate surface area is 152 Å². The van der Waals surface area contributed by atoms with Crippen LogP contribution in [0.2, 0.25) is 0 Å². The van der Waals surface area contributed by atoms with E-state index in [0.717, 1.165) is 44.7 Å². The molecule has 0 saturated carbocycles. The summed E-state index contributed by atoms with van der Waals surface area (Å²) in [7, 11) is 0. The van der Waals surface area contributed by atoms with Crippen molar-refractivity contribution in [1.29, 1.82) is 0 Å². The molecule has 1 saturated heterocycles. The second-order valence-corrected chi connectivity index (χ2v) is 8.63. The minimum absolute atomic E-state index is 0.151. The zero-order valence-corrected chi connectivity index (χ0v) is 16.3. The molecule has 0 aromatic heterocycles. The number of hydrogen-bond donors (Lipinski definition) is 0. The average Bonchev–Trinajstić information content (AvgIpc) is 3.15. The SMILES string of the molecule is CCC(C[C@@H](C)CCN1CCC(C)(C)C1=O)c1ccc2c(c1)CCO2. The summed E-state index contributed by atoms with van der Waals surface area (Å²) in [6.07, 6.45) is 5.50. The summed E-state index contributed by atoms with van der Waals surface area (Å²) in [6.45, 7) is 11.4. The van der Waals surface area contributed by atoms with Crippen molar-refractivity contribution in [2.75, 3.05) is 19.7 Å². The maximum atomic E-state index is 12.4. The van der Waals surface area contributed by atoms with Gasteiger partial charge in [-0.2, -0.15) is 0 Å². The Kier molecular flexibility index (Phi) is 5.41. The molecule has 1 fully saturated rings. The van der Waals surface area contributed by atoms with Crippen molar-refractivity contribution >= 4 is 5.91 Å². The van der Waals surface area contributed by atoms with Gasteiger partial charge < -0.3 is 9.64 Å². The summed E-state index contributed by atoms with van der Waals surface area (Å²) in [5.74, 6) is 2.64. The number of nitrogens with zero attached hydrogens (tertiary/aromatic N) is 1. The van der Waals surface area contributed by atoms with Gasteiger partial charge in [-0.1, -0.05) is 39.8 Å². The number of ether oxygens (including phenoxy) is 1. The predicted molar refractivity (Wildman–Crippen MR) is 102 cm³/mol. The van der Waals surface area contributed by atoms with Gasteiger partial charge in [-0.3, -0.25) is 4.79 Å². The van der Waals surface area contributed by atoms with Crippen molar-refractivity contribution < 1.29 is 9.53 Å². The van der Waals surface area contributed by atoms with Crippen LogP contribution in [0.5, 0.6) is 5.75 Å². The molecule has 138 valence electrons. The number of carbonyl (C=O) groups excluding carboxylic acids is 1. The van der Waals surface area contributed by atoms with E-state index < -0.39 is 0 Å². The van der Waals surface area contributed by atoms with Gasteiger partial charge in [-0.25, -0.2) is 0 Å². The van der Waals surface area contributed by atoms with Gasteiger partial charge >= 0.3 is 0 Å². The van der Waals surface area contributed by atoms with Gasteiger partial charge in [-0.05, 0) is 54.7 Å². The molecular formula is C22H33NO2. The van der Waals surface area contributed by atoms with Gasteiger partial charge in [-0.15, -0.1) is 0 Å². The summed E-state index contributed by atoms with van der Waals surface area (Å²) in [6, 6.07) is 6.75. The summed E-state index contributed by atoms with van der Waals surface area (Å²) in [5.41, 5.74) is 2.67. The van der Waals surface area contributed by atoms with Crippen LogP contribution in [0.4, 0.5) is 0 Å². The molecule has 1 amide bonds. The minimum atomic E-state index is -0.151. The van der Waals surface area contributed by atoms with E-state index >= 15 is 0 Å². The molecule has 3 heteroatoms. The molecule has 2 aliphatic rings. The lowest BCUT2D eigenvalue weighted by molar-refractivity contribution is -0.134. The van der Waals surface area contributed by atoms with E-state index in [0.29, 0.717) is 17.7 Å². The van der Waals surface area contributed by atoms with Crippen molar-refractivity contribution in [3.05, 3.63) is 29.3 Å². The van der Waals surface area contributed by atoms with E-state index in [-0.39, 0.29) is 5.41 Å². The fraction of sp³-hybridized carbons (Fsp3) is 0.682. The molecule has 1 aromatic rings. The first-order chi connectivity index (χ1) is 11.9. The van der Waals surface area contributed by atoms with Gasteiger partial charge in [0.25, 0.3) is 0 Å². The molecule has 1 unspecified atom stereocenters. The number of benzene rings is 1. The molecule has 2 aliphatic heterocycles. The highest BCUT2D eigenvalue weighted by molar-refractivity contribution is 5.83. The number of amides is 1. The van der Waals surface area contributed by atoms with Crippen LogP contribution in [0.1, 0.15) is 70.4 Å². The van der Waals surface area contributed by atoms with Gasteiger partial charge in [0, 0.05) is 24.9 Å². The van der Waals surface area contributed by atoms with Gasteiger partial charge in [0.05, 0.1) is 6.61 Å². The number of carbonyl (C=O) groups is 1. The molecule has 0 spiro atoms. The van der Waals surface area contributed by atoms with Crippen LogP contribution in [-0.4, -0.2) is 30.5 Å². The Hall–Kier alpha value is -1.51. The first kappa shape index (κ1) is 18.3. The molecular weight excluding hydrogens is 310 g/mol. The molecule has 0 N–H and O–H groups in total. The Morgan fingerprint density at radius 2 is 2.12 bits per heavy atom. The van der Waals surface area contributed by atoms with E-state index in [1.54, 1.807) is 0 Å². The zero-order chi connectivity index (χ0) is 18.0. The van der Waals surface area contributed by atoms with Crippen molar-refractivity contribution in [2.45, 2.75) is 65.7 Å². The summed E-state index contributed by atoms with van der Waals surface area (Å²) in [4.78, 5) is 14.4. The maximum absolute atomic E-state index is 12.4. The third kappa shape index (κ3) is 4.02. The Morgan fingerprint density at radius 3 is 2.80 bits per heavy atom. The molecule has 25 heavy (non-hydrogen) atoms. The second kappa shape index (κ2) is 7.39. The number of hydrogen-bond acceptors (Lipinski definition) is 2. The lowest BCUT2D eigenvalue weighted by Gasteiger charge is -2.24. The van der Waals surface area contributed by atoms with Crippen molar-refractivity contribution in [3.8, 4) is 5.75 Å². The van der Waals surface area contributed by atoms with Crippen LogP contribution in [-0.2, 0) is 11.2 Å². The van der Waals surface area contributed by atoms with Crippen LogP contribution < -0.4 is 4.74 Å². The van der Waals surface area contributed by atoms with Crippen LogP contribution in [0.25, 0.3) is 0 Å². The number of likely N-dealkylation sites (tertiary alicyclic amines) is 1.